The summed E-state index contributed by atoms with van der Waals surface area (Å²) in [6.07, 6.45) is 0. The number of amides is 4. The fourth-order valence-corrected chi connectivity index (χ4v) is 3.54. The average Bonchev–Trinajstić information content (AvgIpc) is 2.89. The number of para-hydroxylation sites is 1. The Bertz CT molecular complexity index is 1020. The topological polar surface area (TPSA) is 78.5 Å². The number of anilines is 1. The molecule has 11 heteroatoms. The lowest BCUT2D eigenvalue weighted by molar-refractivity contribution is -0.133. The Kier molecular flexibility index (Phi) is 6.01. The van der Waals surface area contributed by atoms with Crippen LogP contribution in [0.15, 0.2) is 47.4 Å². The van der Waals surface area contributed by atoms with Gasteiger partial charge in [0.15, 0.2) is 11.6 Å². The highest BCUT2D eigenvalue weighted by Gasteiger charge is 2.49. The molecule has 0 spiro atoms. The molecule has 1 atom stereocenters. The van der Waals surface area contributed by atoms with Gasteiger partial charge < -0.3 is 10.6 Å². The van der Waals surface area contributed by atoms with E-state index in [2.05, 4.69) is 10.6 Å². The summed E-state index contributed by atoms with van der Waals surface area (Å²) in [5.74, 6) is -6.65. The summed E-state index contributed by atoms with van der Waals surface area (Å²) in [5.41, 5.74) is -1.60. The number of imide groups is 1. The number of rotatable bonds is 6. The van der Waals surface area contributed by atoms with Crippen LogP contribution in [0.1, 0.15) is 12.5 Å². The van der Waals surface area contributed by atoms with Crippen molar-refractivity contribution in [2.45, 2.75) is 23.1 Å². The van der Waals surface area contributed by atoms with Crippen molar-refractivity contribution in [1.82, 2.24) is 10.2 Å². The van der Waals surface area contributed by atoms with Crippen LogP contribution in [0.3, 0.4) is 0 Å². The van der Waals surface area contributed by atoms with Gasteiger partial charge >= 0.3 is 6.03 Å². The van der Waals surface area contributed by atoms with Crippen LogP contribution in [0.5, 0.6) is 0 Å². The Balaban J connectivity index is 1.76. The van der Waals surface area contributed by atoms with E-state index in [0.717, 1.165) is 18.2 Å². The minimum atomic E-state index is -2.70. The molecule has 0 aromatic heterocycles. The van der Waals surface area contributed by atoms with Crippen molar-refractivity contribution < 1.29 is 31.9 Å². The van der Waals surface area contributed by atoms with Gasteiger partial charge in [-0.15, -0.1) is 0 Å². The molecule has 4 amide bonds. The number of benzene rings is 2. The summed E-state index contributed by atoms with van der Waals surface area (Å²) >= 11 is 0.236. The van der Waals surface area contributed by atoms with Gasteiger partial charge in [0.25, 0.3) is 11.7 Å². The van der Waals surface area contributed by atoms with Gasteiger partial charge in [0.2, 0.25) is 5.91 Å². The van der Waals surface area contributed by atoms with Gasteiger partial charge in [0.1, 0.15) is 12.1 Å². The van der Waals surface area contributed by atoms with Crippen LogP contribution < -0.4 is 10.6 Å². The van der Waals surface area contributed by atoms with E-state index < -0.39 is 47.3 Å². The van der Waals surface area contributed by atoms with Crippen molar-refractivity contribution in [2.75, 3.05) is 11.9 Å². The third-order valence-electron chi connectivity index (χ3n) is 4.45. The number of nitrogens with zero attached hydrogens (tertiary/aromatic N) is 1. The van der Waals surface area contributed by atoms with Gasteiger partial charge in [-0.25, -0.2) is 13.6 Å². The van der Waals surface area contributed by atoms with E-state index in [1.54, 1.807) is 0 Å². The van der Waals surface area contributed by atoms with E-state index in [1.165, 1.54) is 31.2 Å². The highest BCUT2D eigenvalue weighted by atomic mass is 32.2. The highest BCUT2D eigenvalue weighted by molar-refractivity contribution is 7.99. The normalized spacial score (nSPS) is 18.7. The number of carbonyl (C=O) groups is 3. The van der Waals surface area contributed by atoms with Crippen LogP contribution in [0, 0.1) is 11.6 Å². The van der Waals surface area contributed by atoms with E-state index in [-0.39, 0.29) is 27.9 Å². The van der Waals surface area contributed by atoms with E-state index in [1.807, 2.05) is 0 Å². The quantitative estimate of drug-likeness (QED) is 0.407. The minimum Gasteiger partial charge on any atom is -0.324 e. The number of alkyl halides is 2. The Morgan fingerprint density at radius 3 is 2.53 bits per heavy atom. The maximum atomic E-state index is 13.6. The van der Waals surface area contributed by atoms with Crippen LogP contribution in [0.2, 0.25) is 0 Å². The monoisotopic (exact) mass is 441 g/mol. The molecule has 1 saturated heterocycles. The smallest absolute Gasteiger partial charge is 0.324 e. The van der Waals surface area contributed by atoms with Crippen molar-refractivity contribution in [2.24, 2.45) is 0 Å². The van der Waals surface area contributed by atoms with E-state index in [9.17, 15) is 31.9 Å². The molecule has 2 N–H and O–H groups in total. The Hall–Kier alpha value is -3.08. The molecule has 2 aromatic carbocycles. The minimum absolute atomic E-state index is 0.00124. The first-order valence-electron chi connectivity index (χ1n) is 8.55. The van der Waals surface area contributed by atoms with E-state index in [0.29, 0.717) is 4.90 Å². The first-order chi connectivity index (χ1) is 14.1. The summed E-state index contributed by atoms with van der Waals surface area (Å²) < 4.78 is 52.1. The van der Waals surface area contributed by atoms with E-state index >= 15 is 0 Å². The number of hydrogen-bond donors (Lipinski definition) is 2. The molecule has 6 nitrogen and oxygen atoms in total. The lowest BCUT2D eigenvalue weighted by Gasteiger charge is -2.22. The Morgan fingerprint density at radius 1 is 1.17 bits per heavy atom. The van der Waals surface area contributed by atoms with Crippen molar-refractivity contribution in [1.29, 1.82) is 0 Å². The number of thioether (sulfide) groups is 1. The SMILES string of the molecule is CC1(c2ccc(F)c(F)c2)NC(=O)N(CC(=O)Nc2ccccc2SC(F)F)C1=O. The molecule has 0 saturated carbocycles. The second kappa shape index (κ2) is 8.34. The van der Waals surface area contributed by atoms with Gasteiger partial charge in [0, 0.05) is 4.90 Å². The Morgan fingerprint density at radius 2 is 1.87 bits per heavy atom. The zero-order chi connectivity index (χ0) is 22.1. The lowest BCUT2D eigenvalue weighted by atomic mass is 9.92. The zero-order valence-electron chi connectivity index (χ0n) is 15.4. The predicted octanol–water partition coefficient (Wildman–Crippen LogP) is 3.69. The molecule has 2 aromatic rings. The molecule has 1 aliphatic rings. The lowest BCUT2D eigenvalue weighted by Crippen LogP contribution is -2.42. The molecule has 1 unspecified atom stereocenters. The number of urea groups is 1. The van der Waals surface area contributed by atoms with Gasteiger partial charge in [0.05, 0.1) is 5.69 Å². The second-order valence-electron chi connectivity index (χ2n) is 6.50. The molecule has 30 heavy (non-hydrogen) atoms. The maximum absolute atomic E-state index is 13.6. The number of hydrogen-bond acceptors (Lipinski definition) is 4. The van der Waals surface area contributed by atoms with Crippen molar-refractivity contribution in [3.63, 3.8) is 0 Å². The molecular weight excluding hydrogens is 426 g/mol. The third-order valence-corrected chi connectivity index (χ3v) is 5.24. The first-order valence-corrected chi connectivity index (χ1v) is 9.43. The number of halogens is 4. The molecule has 0 bridgehead atoms. The third kappa shape index (κ3) is 4.25. The molecule has 0 radical (unpaired) electrons. The summed E-state index contributed by atoms with van der Waals surface area (Å²) in [4.78, 5) is 38.1. The highest BCUT2D eigenvalue weighted by Crippen LogP contribution is 2.32. The fraction of sp³-hybridized carbons (Fsp3) is 0.211. The van der Waals surface area contributed by atoms with Gasteiger partial charge in [-0.3, -0.25) is 14.5 Å². The van der Waals surface area contributed by atoms with Crippen LogP contribution in [-0.2, 0) is 15.1 Å². The van der Waals surface area contributed by atoms with Gasteiger partial charge in [-0.1, -0.05) is 30.0 Å². The summed E-state index contributed by atoms with van der Waals surface area (Å²) in [7, 11) is 0. The van der Waals surface area contributed by atoms with Crippen molar-refractivity contribution >= 4 is 35.3 Å². The molecule has 3 rings (SSSR count). The van der Waals surface area contributed by atoms with Crippen molar-refractivity contribution in [3.8, 4) is 0 Å². The summed E-state index contributed by atoms with van der Waals surface area (Å²) in [6.45, 7) is 0.601. The van der Waals surface area contributed by atoms with E-state index in [4.69, 9.17) is 0 Å². The van der Waals surface area contributed by atoms with Crippen LogP contribution in [0.25, 0.3) is 0 Å². The maximum Gasteiger partial charge on any atom is 0.325 e. The molecule has 0 aliphatic carbocycles. The summed E-state index contributed by atoms with van der Waals surface area (Å²) in [5, 5.41) is 4.76. The van der Waals surface area contributed by atoms with Gasteiger partial charge in [-0.2, -0.15) is 8.78 Å². The molecule has 158 valence electrons. The molecule has 1 fully saturated rings. The average molecular weight is 441 g/mol. The molecule has 1 heterocycles. The molecule has 1 aliphatic heterocycles. The second-order valence-corrected chi connectivity index (χ2v) is 7.53. The largest absolute Gasteiger partial charge is 0.325 e. The standard InChI is InChI=1S/C19H15F4N3O3S/c1-19(10-6-7-11(20)12(21)8-10)16(28)26(18(29)25-19)9-15(27)24-13-4-2-3-5-14(13)30-17(22)23/h2-8,17H,9H2,1H3,(H,24,27)(H,25,29). The van der Waals surface area contributed by atoms with Crippen LogP contribution in [0.4, 0.5) is 28.0 Å². The number of carbonyl (C=O) groups excluding carboxylic acids is 3. The van der Waals surface area contributed by atoms with Crippen molar-refractivity contribution in [3.05, 3.63) is 59.7 Å². The fourth-order valence-electron chi connectivity index (χ4n) is 2.95. The molecular formula is C19H15F4N3O3S. The zero-order valence-corrected chi connectivity index (χ0v) is 16.2. The summed E-state index contributed by atoms with van der Waals surface area (Å²) in [6, 6.07) is 7.69. The first kappa shape index (κ1) is 21.6. The van der Waals surface area contributed by atoms with Crippen LogP contribution in [-0.4, -0.2) is 35.0 Å². The number of nitrogens with one attached hydrogen (secondary N) is 2. The van der Waals surface area contributed by atoms with Gasteiger partial charge in [-0.05, 0) is 36.8 Å². The predicted molar refractivity (Wildman–Crippen MR) is 101 cm³/mol. The Labute approximate surface area is 172 Å². The van der Waals surface area contributed by atoms with Crippen LogP contribution >= 0.6 is 11.8 Å².